The molecule has 2 heterocycles. The van der Waals surface area contributed by atoms with Gasteiger partial charge in [0.25, 0.3) is 15.9 Å². The maximum Gasteiger partial charge on any atom is 0.267 e. The van der Waals surface area contributed by atoms with Crippen molar-refractivity contribution in [2.75, 3.05) is 10.0 Å². The van der Waals surface area contributed by atoms with Crippen molar-refractivity contribution in [2.45, 2.75) is 18.7 Å². The van der Waals surface area contributed by atoms with E-state index in [4.69, 9.17) is 4.52 Å². The van der Waals surface area contributed by atoms with Gasteiger partial charge >= 0.3 is 0 Å². The second-order valence-corrected chi connectivity index (χ2v) is 7.99. The van der Waals surface area contributed by atoms with E-state index in [-0.39, 0.29) is 15.6 Å². The van der Waals surface area contributed by atoms with Crippen LogP contribution in [-0.4, -0.2) is 19.5 Å². The summed E-state index contributed by atoms with van der Waals surface area (Å²) in [5, 5.41) is 7.64. The van der Waals surface area contributed by atoms with Gasteiger partial charge in [-0.05, 0) is 37.6 Å². The zero-order valence-electron chi connectivity index (χ0n) is 13.4. The molecule has 0 saturated heterocycles. The number of aromatic nitrogens is 1. The summed E-state index contributed by atoms with van der Waals surface area (Å²) in [5.41, 5.74) is 1.41. The quantitative estimate of drug-likeness (QED) is 0.709. The fourth-order valence-corrected chi connectivity index (χ4v) is 4.32. The zero-order chi connectivity index (χ0) is 18.0. The Bertz CT molecular complexity index is 1020. The molecule has 2 aromatic heterocycles. The summed E-state index contributed by atoms with van der Waals surface area (Å²) in [5.74, 6) is 0.389. The van der Waals surface area contributed by atoms with Crippen LogP contribution in [0.1, 0.15) is 21.0 Å². The van der Waals surface area contributed by atoms with Crippen LogP contribution in [0, 0.1) is 13.8 Å². The molecule has 2 N–H and O–H groups in total. The first-order valence-corrected chi connectivity index (χ1v) is 9.62. The SMILES string of the molecule is Cc1cccc(NS(=O)(=O)c2csc(C(=O)Nc3cc(C)on3)c2)c1. The highest BCUT2D eigenvalue weighted by Crippen LogP contribution is 2.23. The summed E-state index contributed by atoms with van der Waals surface area (Å²) in [7, 11) is -3.77. The van der Waals surface area contributed by atoms with E-state index in [2.05, 4.69) is 15.2 Å². The molecule has 3 aromatic rings. The molecule has 0 aliphatic rings. The third kappa shape index (κ3) is 4.06. The third-order valence-corrected chi connectivity index (χ3v) is 5.69. The topological polar surface area (TPSA) is 101 Å². The minimum Gasteiger partial charge on any atom is -0.360 e. The van der Waals surface area contributed by atoms with Crippen molar-refractivity contribution < 1.29 is 17.7 Å². The van der Waals surface area contributed by atoms with Crippen LogP contribution in [0.5, 0.6) is 0 Å². The molecule has 3 rings (SSSR count). The first kappa shape index (κ1) is 17.2. The Morgan fingerprint density at radius 1 is 1.20 bits per heavy atom. The van der Waals surface area contributed by atoms with Crippen LogP contribution in [0.15, 0.2) is 51.2 Å². The Kier molecular flexibility index (Phi) is 4.60. The number of thiophene rings is 1. The lowest BCUT2D eigenvalue weighted by Crippen LogP contribution is -2.13. The predicted octanol–water partition coefficient (Wildman–Crippen LogP) is 3.41. The van der Waals surface area contributed by atoms with E-state index in [1.165, 1.54) is 11.4 Å². The number of hydrogen-bond donors (Lipinski definition) is 2. The first-order chi connectivity index (χ1) is 11.8. The molecule has 0 fully saturated rings. The minimum absolute atomic E-state index is 0.0282. The molecular formula is C16H15N3O4S2. The van der Waals surface area contributed by atoms with Crippen molar-refractivity contribution in [1.29, 1.82) is 0 Å². The van der Waals surface area contributed by atoms with Gasteiger partial charge in [0, 0.05) is 17.1 Å². The molecule has 130 valence electrons. The summed E-state index contributed by atoms with van der Waals surface area (Å²) >= 11 is 1.03. The minimum atomic E-state index is -3.77. The average molecular weight is 377 g/mol. The highest BCUT2D eigenvalue weighted by molar-refractivity contribution is 7.92. The van der Waals surface area contributed by atoms with E-state index < -0.39 is 15.9 Å². The number of nitrogens with zero attached hydrogens (tertiary/aromatic N) is 1. The van der Waals surface area contributed by atoms with Gasteiger partial charge in [-0.1, -0.05) is 17.3 Å². The van der Waals surface area contributed by atoms with Crippen molar-refractivity contribution in [3.05, 3.63) is 58.0 Å². The maximum absolute atomic E-state index is 12.4. The highest BCUT2D eigenvalue weighted by atomic mass is 32.2. The van der Waals surface area contributed by atoms with Gasteiger partial charge in [0.15, 0.2) is 5.82 Å². The predicted molar refractivity (Wildman–Crippen MR) is 95.5 cm³/mol. The lowest BCUT2D eigenvalue weighted by molar-refractivity contribution is 0.102. The third-order valence-electron chi connectivity index (χ3n) is 3.25. The van der Waals surface area contributed by atoms with Crippen LogP contribution in [0.25, 0.3) is 0 Å². The number of sulfonamides is 1. The van der Waals surface area contributed by atoms with E-state index >= 15 is 0 Å². The molecule has 7 nitrogen and oxygen atoms in total. The van der Waals surface area contributed by atoms with Gasteiger partial charge in [-0.3, -0.25) is 9.52 Å². The molecular weight excluding hydrogens is 362 g/mol. The summed E-state index contributed by atoms with van der Waals surface area (Å²) in [6.45, 7) is 3.58. The molecule has 0 saturated carbocycles. The molecule has 9 heteroatoms. The summed E-state index contributed by atoms with van der Waals surface area (Å²) in [6.07, 6.45) is 0. The van der Waals surface area contributed by atoms with Gasteiger partial charge in [-0.15, -0.1) is 11.3 Å². The van der Waals surface area contributed by atoms with E-state index in [1.54, 1.807) is 31.2 Å². The molecule has 0 aliphatic carbocycles. The second-order valence-electron chi connectivity index (χ2n) is 5.40. The Hall–Kier alpha value is -2.65. The molecule has 1 aromatic carbocycles. The smallest absolute Gasteiger partial charge is 0.267 e. The van der Waals surface area contributed by atoms with Crippen LogP contribution < -0.4 is 10.0 Å². The molecule has 0 spiro atoms. The van der Waals surface area contributed by atoms with Crippen LogP contribution >= 0.6 is 11.3 Å². The normalized spacial score (nSPS) is 11.3. The number of benzene rings is 1. The first-order valence-electron chi connectivity index (χ1n) is 7.26. The average Bonchev–Trinajstić information content (AvgIpc) is 3.16. The van der Waals surface area contributed by atoms with Gasteiger partial charge in [0.05, 0.1) is 9.77 Å². The van der Waals surface area contributed by atoms with Crippen LogP contribution in [0.4, 0.5) is 11.5 Å². The molecule has 0 bridgehead atoms. The van der Waals surface area contributed by atoms with Crippen LogP contribution in [0.3, 0.4) is 0 Å². The van der Waals surface area contributed by atoms with Gasteiger partial charge in [-0.25, -0.2) is 8.42 Å². The lowest BCUT2D eigenvalue weighted by atomic mass is 10.2. The maximum atomic E-state index is 12.4. The number of hydrogen-bond acceptors (Lipinski definition) is 6. The van der Waals surface area contributed by atoms with E-state index in [1.807, 2.05) is 13.0 Å². The van der Waals surface area contributed by atoms with Gasteiger partial charge in [-0.2, -0.15) is 0 Å². The number of aryl methyl sites for hydroxylation is 2. The Labute approximate surface area is 148 Å². The van der Waals surface area contributed by atoms with Crippen LogP contribution in [-0.2, 0) is 10.0 Å². The Morgan fingerprint density at radius 2 is 2.00 bits per heavy atom. The molecule has 0 atom stereocenters. The standard InChI is InChI=1S/C16H15N3O4S2/c1-10-4-3-5-12(6-10)19-25(21,22)13-8-14(24-9-13)16(20)17-15-7-11(2)23-18-15/h3-9,19H,1-2H3,(H,17,18,20). The van der Waals surface area contributed by atoms with Crippen molar-refractivity contribution in [2.24, 2.45) is 0 Å². The van der Waals surface area contributed by atoms with E-state index in [0.29, 0.717) is 11.4 Å². The number of nitrogens with one attached hydrogen (secondary N) is 2. The molecule has 0 aliphatic heterocycles. The molecule has 0 unspecified atom stereocenters. The monoisotopic (exact) mass is 377 g/mol. The largest absolute Gasteiger partial charge is 0.360 e. The second kappa shape index (κ2) is 6.69. The number of amides is 1. The lowest BCUT2D eigenvalue weighted by Gasteiger charge is -2.06. The number of carbonyl (C=O) groups excluding carboxylic acids is 1. The van der Waals surface area contributed by atoms with Gasteiger partial charge in [0.2, 0.25) is 0 Å². The van der Waals surface area contributed by atoms with Crippen molar-refractivity contribution >= 4 is 38.8 Å². The van der Waals surface area contributed by atoms with E-state index in [9.17, 15) is 13.2 Å². The molecule has 1 amide bonds. The molecule has 0 radical (unpaired) electrons. The fourth-order valence-electron chi connectivity index (χ4n) is 2.10. The van der Waals surface area contributed by atoms with Gasteiger partial charge < -0.3 is 9.84 Å². The Morgan fingerprint density at radius 3 is 2.68 bits per heavy atom. The number of carbonyl (C=O) groups is 1. The van der Waals surface area contributed by atoms with Gasteiger partial charge in [0.1, 0.15) is 5.76 Å². The number of anilines is 2. The van der Waals surface area contributed by atoms with E-state index in [0.717, 1.165) is 16.9 Å². The summed E-state index contributed by atoms with van der Waals surface area (Å²) in [6, 6.07) is 9.92. The number of rotatable bonds is 5. The zero-order valence-corrected chi connectivity index (χ0v) is 15.1. The molecule has 25 heavy (non-hydrogen) atoms. The Balaban J connectivity index is 1.76. The van der Waals surface area contributed by atoms with Crippen molar-refractivity contribution in [1.82, 2.24) is 5.16 Å². The van der Waals surface area contributed by atoms with Crippen LogP contribution in [0.2, 0.25) is 0 Å². The summed E-state index contributed by atoms with van der Waals surface area (Å²) < 4.78 is 32.3. The van der Waals surface area contributed by atoms with Crippen molar-refractivity contribution in [3.63, 3.8) is 0 Å². The highest BCUT2D eigenvalue weighted by Gasteiger charge is 2.19. The fraction of sp³-hybridized carbons (Fsp3) is 0.125. The summed E-state index contributed by atoms with van der Waals surface area (Å²) in [4.78, 5) is 12.5. The van der Waals surface area contributed by atoms with Crippen molar-refractivity contribution in [3.8, 4) is 0 Å².